The molecule has 14 heavy (non-hydrogen) atoms. The van der Waals surface area contributed by atoms with E-state index in [1.54, 1.807) is 11.3 Å². The van der Waals surface area contributed by atoms with Crippen LogP contribution in [-0.4, -0.2) is 22.0 Å². The smallest absolute Gasteiger partial charge is 0.0794 e. The lowest BCUT2D eigenvalue weighted by Gasteiger charge is -2.27. The fourth-order valence-electron chi connectivity index (χ4n) is 1.82. The third-order valence-electron chi connectivity index (χ3n) is 3.06. The Morgan fingerprint density at radius 2 is 2.36 bits per heavy atom. The van der Waals surface area contributed by atoms with Crippen molar-refractivity contribution in [2.75, 3.05) is 6.54 Å². The first kappa shape index (κ1) is 10.1. The summed E-state index contributed by atoms with van der Waals surface area (Å²) in [4.78, 5) is 8.14. The fourth-order valence-corrected chi connectivity index (χ4v) is 2.42. The van der Waals surface area contributed by atoms with E-state index in [4.69, 9.17) is 0 Å². The first-order valence-corrected chi connectivity index (χ1v) is 6.25. The number of nitrogens with zero attached hydrogens (tertiary/aromatic N) is 2. The summed E-state index contributed by atoms with van der Waals surface area (Å²) in [5, 5.41) is 0. The van der Waals surface area contributed by atoms with E-state index in [1.807, 2.05) is 11.7 Å². The second-order valence-electron chi connectivity index (χ2n) is 4.39. The second-order valence-corrected chi connectivity index (χ2v) is 5.36. The summed E-state index contributed by atoms with van der Waals surface area (Å²) in [5.41, 5.74) is 2.43. The summed E-state index contributed by atoms with van der Waals surface area (Å²) < 4.78 is 0. The van der Waals surface area contributed by atoms with Crippen LogP contribution in [0.1, 0.15) is 38.0 Å². The van der Waals surface area contributed by atoms with E-state index in [0.717, 1.165) is 6.54 Å². The van der Waals surface area contributed by atoms with Gasteiger partial charge in [0.2, 0.25) is 0 Å². The minimum atomic E-state index is 0.500. The molecule has 0 aromatic carbocycles. The van der Waals surface area contributed by atoms with Crippen LogP contribution in [0.5, 0.6) is 0 Å². The Balaban J connectivity index is 1.97. The van der Waals surface area contributed by atoms with Crippen molar-refractivity contribution in [3.8, 4) is 0 Å². The zero-order valence-corrected chi connectivity index (χ0v) is 9.81. The largest absolute Gasteiger partial charge is 0.293 e. The number of hydrogen-bond donors (Lipinski definition) is 0. The molecule has 1 aliphatic carbocycles. The third-order valence-corrected chi connectivity index (χ3v) is 3.83. The summed E-state index contributed by atoms with van der Waals surface area (Å²) in [7, 11) is 0. The molecule has 0 amide bonds. The number of rotatable bonds is 5. The first-order valence-electron chi connectivity index (χ1n) is 5.37. The molecule has 3 heteroatoms. The molecule has 0 atom stereocenters. The van der Waals surface area contributed by atoms with Crippen LogP contribution < -0.4 is 0 Å². The van der Waals surface area contributed by atoms with Crippen molar-refractivity contribution in [1.29, 1.82) is 0 Å². The van der Waals surface area contributed by atoms with Gasteiger partial charge in [-0.2, -0.15) is 0 Å². The molecule has 0 aliphatic heterocycles. The highest BCUT2D eigenvalue weighted by molar-refractivity contribution is 7.09. The van der Waals surface area contributed by atoms with Gasteiger partial charge in [0.1, 0.15) is 0 Å². The van der Waals surface area contributed by atoms with Crippen LogP contribution in [0.3, 0.4) is 0 Å². The maximum absolute atomic E-state index is 4.13. The molecule has 0 N–H and O–H groups in total. The van der Waals surface area contributed by atoms with Gasteiger partial charge in [0.25, 0.3) is 0 Å². The first-order chi connectivity index (χ1) is 6.74. The number of aromatic nitrogens is 1. The zero-order chi connectivity index (χ0) is 10.0. The SMILES string of the molecule is CCCN(Cc1cncs1)C1(C)CC1. The van der Waals surface area contributed by atoms with Crippen LogP contribution in [0.15, 0.2) is 11.7 Å². The Hall–Kier alpha value is -0.410. The average molecular weight is 210 g/mol. The molecule has 1 saturated carbocycles. The highest BCUT2D eigenvalue weighted by atomic mass is 32.1. The summed E-state index contributed by atoms with van der Waals surface area (Å²) in [5.74, 6) is 0. The fraction of sp³-hybridized carbons (Fsp3) is 0.727. The Kier molecular flexibility index (Phi) is 2.88. The molecule has 0 unspecified atom stereocenters. The van der Waals surface area contributed by atoms with E-state index in [9.17, 15) is 0 Å². The van der Waals surface area contributed by atoms with Crippen molar-refractivity contribution in [2.45, 2.75) is 45.2 Å². The predicted octanol–water partition coefficient (Wildman–Crippen LogP) is 2.91. The second kappa shape index (κ2) is 3.99. The molecule has 1 aromatic heterocycles. The van der Waals surface area contributed by atoms with Gasteiger partial charge in [0.05, 0.1) is 5.51 Å². The third kappa shape index (κ3) is 2.15. The maximum Gasteiger partial charge on any atom is 0.0794 e. The minimum Gasteiger partial charge on any atom is -0.293 e. The lowest BCUT2D eigenvalue weighted by Crippen LogP contribution is -2.34. The van der Waals surface area contributed by atoms with Crippen LogP contribution in [0, 0.1) is 0 Å². The van der Waals surface area contributed by atoms with Crippen LogP contribution in [0.4, 0.5) is 0 Å². The van der Waals surface area contributed by atoms with Gasteiger partial charge in [0, 0.05) is 23.2 Å². The number of thiazole rings is 1. The van der Waals surface area contributed by atoms with Crippen molar-refractivity contribution >= 4 is 11.3 Å². The van der Waals surface area contributed by atoms with Crippen LogP contribution in [-0.2, 0) is 6.54 Å². The molecule has 78 valence electrons. The molecule has 2 rings (SSSR count). The lowest BCUT2D eigenvalue weighted by molar-refractivity contribution is 0.183. The van der Waals surface area contributed by atoms with E-state index < -0.39 is 0 Å². The molecule has 2 nitrogen and oxygen atoms in total. The van der Waals surface area contributed by atoms with E-state index in [0.29, 0.717) is 5.54 Å². The van der Waals surface area contributed by atoms with Crippen LogP contribution >= 0.6 is 11.3 Å². The summed E-state index contributed by atoms with van der Waals surface area (Å²) in [6.45, 7) is 6.94. The molecule has 1 aromatic rings. The molecule has 1 fully saturated rings. The molecule has 0 spiro atoms. The molecule has 0 saturated heterocycles. The quantitative estimate of drug-likeness (QED) is 0.743. The van der Waals surface area contributed by atoms with Gasteiger partial charge >= 0.3 is 0 Å². The topological polar surface area (TPSA) is 16.1 Å². The van der Waals surface area contributed by atoms with Gasteiger partial charge in [-0.3, -0.25) is 9.88 Å². The van der Waals surface area contributed by atoms with Gasteiger partial charge < -0.3 is 0 Å². The van der Waals surface area contributed by atoms with E-state index in [-0.39, 0.29) is 0 Å². The van der Waals surface area contributed by atoms with E-state index in [1.165, 1.54) is 30.7 Å². The standard InChI is InChI=1S/C11H18N2S/c1-3-6-13(11(2)4-5-11)8-10-7-12-9-14-10/h7,9H,3-6,8H2,1-2H3. The summed E-state index contributed by atoms with van der Waals surface area (Å²) >= 11 is 1.77. The Bertz CT molecular complexity index is 277. The average Bonchev–Trinajstić information content (AvgIpc) is 2.73. The molecule has 0 radical (unpaired) electrons. The Labute approximate surface area is 90.0 Å². The maximum atomic E-state index is 4.13. The molecular weight excluding hydrogens is 192 g/mol. The van der Waals surface area contributed by atoms with Crippen molar-refractivity contribution in [3.05, 3.63) is 16.6 Å². The Morgan fingerprint density at radius 3 is 2.86 bits per heavy atom. The van der Waals surface area contributed by atoms with E-state index in [2.05, 4.69) is 23.7 Å². The van der Waals surface area contributed by atoms with Gasteiger partial charge in [0.15, 0.2) is 0 Å². The number of hydrogen-bond acceptors (Lipinski definition) is 3. The molecule has 1 aliphatic rings. The Morgan fingerprint density at radius 1 is 1.57 bits per heavy atom. The zero-order valence-electron chi connectivity index (χ0n) is 8.99. The minimum absolute atomic E-state index is 0.500. The molecule has 1 heterocycles. The lowest BCUT2D eigenvalue weighted by atomic mass is 10.2. The van der Waals surface area contributed by atoms with Crippen LogP contribution in [0.2, 0.25) is 0 Å². The van der Waals surface area contributed by atoms with Crippen molar-refractivity contribution < 1.29 is 0 Å². The van der Waals surface area contributed by atoms with Crippen LogP contribution in [0.25, 0.3) is 0 Å². The molecular formula is C11H18N2S. The van der Waals surface area contributed by atoms with Crippen molar-refractivity contribution in [3.63, 3.8) is 0 Å². The van der Waals surface area contributed by atoms with E-state index >= 15 is 0 Å². The van der Waals surface area contributed by atoms with Gasteiger partial charge in [-0.15, -0.1) is 11.3 Å². The summed E-state index contributed by atoms with van der Waals surface area (Å²) in [6.07, 6.45) is 5.98. The predicted molar refractivity (Wildman–Crippen MR) is 60.5 cm³/mol. The van der Waals surface area contributed by atoms with Crippen molar-refractivity contribution in [2.24, 2.45) is 0 Å². The van der Waals surface area contributed by atoms with Gasteiger partial charge in [-0.25, -0.2) is 0 Å². The van der Waals surface area contributed by atoms with Gasteiger partial charge in [-0.05, 0) is 32.7 Å². The van der Waals surface area contributed by atoms with Crippen molar-refractivity contribution in [1.82, 2.24) is 9.88 Å². The van der Waals surface area contributed by atoms with Gasteiger partial charge in [-0.1, -0.05) is 6.92 Å². The molecule has 0 bridgehead atoms. The monoisotopic (exact) mass is 210 g/mol. The summed E-state index contributed by atoms with van der Waals surface area (Å²) in [6, 6.07) is 0. The highest BCUT2D eigenvalue weighted by Gasteiger charge is 2.42. The normalized spacial score (nSPS) is 18.8. The highest BCUT2D eigenvalue weighted by Crippen LogP contribution is 2.42.